The molecule has 2 fully saturated rings. The van der Waals surface area contributed by atoms with Crippen LogP contribution in [0.3, 0.4) is 0 Å². The van der Waals surface area contributed by atoms with E-state index in [0.717, 1.165) is 5.69 Å². The van der Waals surface area contributed by atoms with Gasteiger partial charge in [0.25, 0.3) is 11.8 Å². The zero-order valence-corrected chi connectivity index (χ0v) is 18.5. The molecular formula is C23H29FN6O2. The fourth-order valence-corrected chi connectivity index (χ4v) is 5.06. The van der Waals surface area contributed by atoms with E-state index in [9.17, 15) is 9.59 Å². The Hall–Kier alpha value is -2.81. The number of fused-ring (bicyclic) bond motifs is 1. The van der Waals surface area contributed by atoms with Crippen molar-refractivity contribution in [3.63, 3.8) is 0 Å². The standard InChI is InChI=1S/C23H29FN6O2/c1-22(2)18-16(19(28-27-18)26-20(31)17-8-3-4-11-25-17)14-30(22)21(32)23(24)9-12-29(13-10-23)15-6-5-7-15/h3-4,8,11,15H,5-7,9-10,12-14H2,1-2H3,(H2,26,27,28,31). The molecule has 5 rings (SSSR count). The van der Waals surface area contributed by atoms with Crippen LogP contribution < -0.4 is 5.32 Å². The molecule has 0 unspecified atom stereocenters. The van der Waals surface area contributed by atoms with Gasteiger partial charge in [0.05, 0.1) is 17.8 Å². The Morgan fingerprint density at radius 1 is 1.22 bits per heavy atom. The number of anilines is 1. The quantitative estimate of drug-likeness (QED) is 0.762. The van der Waals surface area contributed by atoms with E-state index >= 15 is 4.39 Å². The van der Waals surface area contributed by atoms with Crippen molar-refractivity contribution >= 4 is 17.6 Å². The first-order valence-electron chi connectivity index (χ1n) is 11.3. The Labute approximate surface area is 186 Å². The van der Waals surface area contributed by atoms with Gasteiger partial charge in [-0.2, -0.15) is 5.10 Å². The van der Waals surface area contributed by atoms with Crippen LogP contribution in [0.5, 0.6) is 0 Å². The Kier molecular flexibility index (Phi) is 5.03. The van der Waals surface area contributed by atoms with Crippen molar-refractivity contribution < 1.29 is 14.0 Å². The summed E-state index contributed by atoms with van der Waals surface area (Å²) in [6.07, 6.45) is 5.61. The van der Waals surface area contributed by atoms with Crippen LogP contribution in [-0.4, -0.2) is 61.6 Å². The molecule has 8 nitrogen and oxygen atoms in total. The maximum absolute atomic E-state index is 15.9. The summed E-state index contributed by atoms with van der Waals surface area (Å²) in [4.78, 5) is 33.9. The highest BCUT2D eigenvalue weighted by Crippen LogP contribution is 2.44. The molecule has 1 saturated carbocycles. The van der Waals surface area contributed by atoms with E-state index in [2.05, 4.69) is 25.4 Å². The average Bonchev–Trinajstić information content (AvgIpc) is 3.26. The second kappa shape index (κ2) is 7.65. The van der Waals surface area contributed by atoms with Gasteiger partial charge in [0.1, 0.15) is 5.69 Å². The van der Waals surface area contributed by atoms with Crippen molar-refractivity contribution in [2.45, 2.75) is 69.7 Å². The van der Waals surface area contributed by atoms with Crippen molar-refractivity contribution in [3.05, 3.63) is 41.3 Å². The molecule has 0 aromatic carbocycles. The summed E-state index contributed by atoms with van der Waals surface area (Å²) in [7, 11) is 0. The third-order valence-electron chi connectivity index (χ3n) is 7.41. The number of aromatic nitrogens is 3. The highest BCUT2D eigenvalue weighted by molar-refractivity contribution is 6.02. The summed E-state index contributed by atoms with van der Waals surface area (Å²) in [6.45, 7) is 5.21. The number of hydrogen-bond donors (Lipinski definition) is 2. The number of H-pyrrole nitrogens is 1. The number of aromatic amines is 1. The molecule has 170 valence electrons. The summed E-state index contributed by atoms with van der Waals surface area (Å²) in [5.41, 5.74) is -0.903. The van der Waals surface area contributed by atoms with E-state index < -0.39 is 17.1 Å². The third-order valence-corrected chi connectivity index (χ3v) is 7.41. The molecule has 0 atom stereocenters. The fraction of sp³-hybridized carbons (Fsp3) is 0.565. The first kappa shape index (κ1) is 21.1. The predicted octanol–water partition coefficient (Wildman–Crippen LogP) is 2.99. The summed E-state index contributed by atoms with van der Waals surface area (Å²) in [6, 6.07) is 5.65. The first-order valence-corrected chi connectivity index (χ1v) is 11.3. The molecule has 0 radical (unpaired) electrons. The lowest BCUT2D eigenvalue weighted by Crippen LogP contribution is -2.56. The number of nitrogens with one attached hydrogen (secondary N) is 2. The van der Waals surface area contributed by atoms with Gasteiger partial charge in [0.15, 0.2) is 11.5 Å². The minimum Gasteiger partial charge on any atom is -0.325 e. The molecule has 2 aromatic heterocycles. The van der Waals surface area contributed by atoms with E-state index in [1.165, 1.54) is 19.3 Å². The lowest BCUT2D eigenvalue weighted by Gasteiger charge is -2.45. The van der Waals surface area contributed by atoms with Crippen LogP contribution in [-0.2, 0) is 16.9 Å². The SMILES string of the molecule is CC1(C)c2[nH]nc(NC(=O)c3ccccn3)c2CN1C(=O)C1(F)CCN(C2CCC2)CC1. The predicted molar refractivity (Wildman–Crippen MR) is 117 cm³/mol. The van der Waals surface area contributed by atoms with E-state index in [1.54, 1.807) is 29.3 Å². The number of carbonyl (C=O) groups is 2. The summed E-state index contributed by atoms with van der Waals surface area (Å²) < 4.78 is 15.9. The smallest absolute Gasteiger partial charge is 0.275 e. The second-order valence-corrected chi connectivity index (χ2v) is 9.63. The molecule has 2 N–H and O–H groups in total. The number of rotatable bonds is 4. The van der Waals surface area contributed by atoms with Crippen LogP contribution in [0.2, 0.25) is 0 Å². The number of alkyl halides is 1. The molecular weight excluding hydrogens is 411 g/mol. The molecule has 32 heavy (non-hydrogen) atoms. The average molecular weight is 441 g/mol. The van der Waals surface area contributed by atoms with E-state index in [1.807, 2.05) is 13.8 Å². The molecule has 1 aliphatic carbocycles. The van der Waals surface area contributed by atoms with E-state index in [-0.39, 0.29) is 31.0 Å². The molecule has 3 aliphatic rings. The first-order chi connectivity index (χ1) is 15.3. The second-order valence-electron chi connectivity index (χ2n) is 9.63. The fourth-order valence-electron chi connectivity index (χ4n) is 5.06. The van der Waals surface area contributed by atoms with Crippen LogP contribution in [0.15, 0.2) is 24.4 Å². The Morgan fingerprint density at radius 2 is 1.97 bits per heavy atom. The molecule has 2 amide bonds. The highest BCUT2D eigenvalue weighted by Gasteiger charge is 2.52. The minimum absolute atomic E-state index is 0.202. The lowest BCUT2D eigenvalue weighted by atomic mass is 9.85. The number of carbonyl (C=O) groups excluding carboxylic acids is 2. The largest absolute Gasteiger partial charge is 0.325 e. The van der Waals surface area contributed by atoms with Gasteiger partial charge in [-0.3, -0.25) is 19.7 Å². The van der Waals surface area contributed by atoms with Crippen LogP contribution in [0.25, 0.3) is 0 Å². The topological polar surface area (TPSA) is 94.2 Å². The van der Waals surface area contributed by atoms with Gasteiger partial charge in [0, 0.05) is 43.7 Å². The van der Waals surface area contributed by atoms with Gasteiger partial charge in [0.2, 0.25) is 0 Å². The molecule has 0 bridgehead atoms. The van der Waals surface area contributed by atoms with Crippen molar-refractivity contribution in [2.75, 3.05) is 18.4 Å². The summed E-state index contributed by atoms with van der Waals surface area (Å²) in [5.74, 6) is -0.498. The highest BCUT2D eigenvalue weighted by atomic mass is 19.1. The van der Waals surface area contributed by atoms with Crippen LogP contribution >= 0.6 is 0 Å². The van der Waals surface area contributed by atoms with Crippen molar-refractivity contribution in [2.24, 2.45) is 0 Å². The van der Waals surface area contributed by atoms with Crippen molar-refractivity contribution in [1.29, 1.82) is 0 Å². The summed E-state index contributed by atoms with van der Waals surface area (Å²) >= 11 is 0. The molecule has 4 heterocycles. The van der Waals surface area contributed by atoms with E-state index in [4.69, 9.17) is 0 Å². The van der Waals surface area contributed by atoms with E-state index in [0.29, 0.717) is 30.5 Å². The van der Waals surface area contributed by atoms with Crippen molar-refractivity contribution in [1.82, 2.24) is 25.0 Å². The zero-order chi connectivity index (χ0) is 22.5. The molecule has 2 aromatic rings. The minimum atomic E-state index is -1.86. The van der Waals surface area contributed by atoms with Crippen molar-refractivity contribution in [3.8, 4) is 0 Å². The van der Waals surface area contributed by atoms with Crippen LogP contribution in [0.4, 0.5) is 10.2 Å². The number of amides is 2. The maximum atomic E-state index is 15.9. The normalized spacial score (nSPS) is 22.3. The number of nitrogens with zero attached hydrogens (tertiary/aromatic N) is 4. The Balaban J connectivity index is 1.31. The number of halogens is 1. The van der Waals surface area contributed by atoms with Gasteiger partial charge < -0.3 is 15.1 Å². The summed E-state index contributed by atoms with van der Waals surface area (Å²) in [5, 5.41) is 9.98. The Morgan fingerprint density at radius 3 is 2.59 bits per heavy atom. The molecule has 1 saturated heterocycles. The monoisotopic (exact) mass is 440 g/mol. The maximum Gasteiger partial charge on any atom is 0.275 e. The lowest BCUT2D eigenvalue weighted by molar-refractivity contribution is -0.154. The molecule has 2 aliphatic heterocycles. The third kappa shape index (κ3) is 3.39. The number of likely N-dealkylation sites (tertiary alicyclic amines) is 1. The zero-order valence-electron chi connectivity index (χ0n) is 18.5. The van der Waals surface area contributed by atoms with Gasteiger partial charge in [-0.05, 0) is 38.8 Å². The van der Waals surface area contributed by atoms with Gasteiger partial charge in [-0.25, -0.2) is 4.39 Å². The number of hydrogen-bond acceptors (Lipinski definition) is 5. The van der Waals surface area contributed by atoms with Crippen LogP contribution in [0.1, 0.15) is 67.7 Å². The van der Waals surface area contributed by atoms with Gasteiger partial charge >= 0.3 is 0 Å². The van der Waals surface area contributed by atoms with Gasteiger partial charge in [-0.1, -0.05) is 12.5 Å². The van der Waals surface area contributed by atoms with Crippen LogP contribution in [0, 0.1) is 0 Å². The Bertz CT molecular complexity index is 1020. The number of pyridine rings is 1. The molecule has 9 heteroatoms. The molecule has 0 spiro atoms. The number of piperidine rings is 1. The van der Waals surface area contributed by atoms with Gasteiger partial charge in [-0.15, -0.1) is 0 Å².